The Balaban J connectivity index is 1.33. The molecule has 1 heterocycles. The predicted molar refractivity (Wildman–Crippen MR) is 106 cm³/mol. The summed E-state index contributed by atoms with van der Waals surface area (Å²) in [6.45, 7) is 5.89. The third-order valence-corrected chi connectivity index (χ3v) is 4.89. The van der Waals surface area contributed by atoms with E-state index in [1.807, 2.05) is 30.3 Å². The SMILES string of the molecule is NC(C(=O)NCCCN1CCN(c2ccccc2)CC1)c1ccccc1. The van der Waals surface area contributed by atoms with Gasteiger partial charge in [0, 0.05) is 38.4 Å². The predicted octanol–water partition coefficient (Wildman–Crippen LogP) is 2.01. The van der Waals surface area contributed by atoms with Crippen molar-refractivity contribution < 1.29 is 4.79 Å². The zero-order valence-electron chi connectivity index (χ0n) is 15.2. The van der Waals surface area contributed by atoms with Crippen molar-refractivity contribution in [3.05, 3.63) is 66.2 Å². The van der Waals surface area contributed by atoms with Gasteiger partial charge in [0.2, 0.25) is 5.91 Å². The monoisotopic (exact) mass is 352 g/mol. The second-order valence-corrected chi connectivity index (χ2v) is 6.70. The number of hydrogen-bond acceptors (Lipinski definition) is 4. The van der Waals surface area contributed by atoms with Gasteiger partial charge in [-0.25, -0.2) is 0 Å². The molecular formula is C21H28N4O. The summed E-state index contributed by atoms with van der Waals surface area (Å²) in [4.78, 5) is 17.0. The number of para-hydroxylation sites is 1. The number of nitrogens with one attached hydrogen (secondary N) is 1. The van der Waals surface area contributed by atoms with Crippen molar-refractivity contribution in [1.29, 1.82) is 0 Å². The standard InChI is InChI=1S/C21H28N4O/c22-20(18-8-3-1-4-9-18)21(26)23-12-7-13-24-14-16-25(17-15-24)19-10-5-2-6-11-19/h1-6,8-11,20H,7,12-17,22H2,(H,23,26). The zero-order chi connectivity index (χ0) is 18.2. The molecule has 2 aromatic carbocycles. The molecule has 1 amide bonds. The van der Waals surface area contributed by atoms with Crippen molar-refractivity contribution >= 4 is 11.6 Å². The van der Waals surface area contributed by atoms with Gasteiger partial charge in [0.05, 0.1) is 0 Å². The lowest BCUT2D eigenvalue weighted by atomic mass is 10.1. The zero-order valence-corrected chi connectivity index (χ0v) is 15.2. The molecule has 1 fully saturated rings. The van der Waals surface area contributed by atoms with Crippen molar-refractivity contribution in [2.75, 3.05) is 44.2 Å². The molecule has 138 valence electrons. The average molecular weight is 352 g/mol. The Morgan fingerprint density at radius 3 is 2.23 bits per heavy atom. The van der Waals surface area contributed by atoms with Crippen LogP contribution in [0.4, 0.5) is 5.69 Å². The van der Waals surface area contributed by atoms with E-state index in [-0.39, 0.29) is 5.91 Å². The van der Waals surface area contributed by atoms with E-state index in [1.165, 1.54) is 5.69 Å². The first-order valence-electron chi connectivity index (χ1n) is 9.34. The Labute approximate surface area is 155 Å². The maximum Gasteiger partial charge on any atom is 0.241 e. The van der Waals surface area contributed by atoms with E-state index >= 15 is 0 Å². The largest absolute Gasteiger partial charge is 0.369 e. The van der Waals surface area contributed by atoms with Gasteiger partial charge < -0.3 is 16.0 Å². The molecule has 2 aromatic rings. The molecule has 0 bridgehead atoms. The fourth-order valence-corrected chi connectivity index (χ4v) is 3.30. The van der Waals surface area contributed by atoms with Crippen molar-refractivity contribution in [3.8, 4) is 0 Å². The summed E-state index contributed by atoms with van der Waals surface area (Å²) in [6.07, 6.45) is 0.943. The highest BCUT2D eigenvalue weighted by molar-refractivity contribution is 5.82. The van der Waals surface area contributed by atoms with Crippen LogP contribution in [0.1, 0.15) is 18.0 Å². The van der Waals surface area contributed by atoms with Gasteiger partial charge >= 0.3 is 0 Å². The topological polar surface area (TPSA) is 61.6 Å². The first kappa shape index (κ1) is 18.4. The van der Waals surface area contributed by atoms with Crippen LogP contribution < -0.4 is 16.0 Å². The van der Waals surface area contributed by atoms with Crippen LogP contribution in [-0.2, 0) is 4.79 Å². The molecule has 1 saturated heterocycles. The first-order valence-corrected chi connectivity index (χ1v) is 9.34. The summed E-state index contributed by atoms with van der Waals surface area (Å²) in [5.74, 6) is -0.106. The summed E-state index contributed by atoms with van der Waals surface area (Å²) in [6, 6.07) is 19.5. The average Bonchev–Trinajstić information content (AvgIpc) is 2.72. The van der Waals surface area contributed by atoms with Gasteiger partial charge in [-0.15, -0.1) is 0 Å². The summed E-state index contributed by atoms with van der Waals surface area (Å²) in [7, 11) is 0. The highest BCUT2D eigenvalue weighted by Gasteiger charge is 2.17. The number of hydrogen-bond donors (Lipinski definition) is 2. The summed E-state index contributed by atoms with van der Waals surface area (Å²) in [5.41, 5.74) is 8.16. The lowest BCUT2D eigenvalue weighted by molar-refractivity contribution is -0.122. The Morgan fingerprint density at radius 1 is 0.962 bits per heavy atom. The van der Waals surface area contributed by atoms with Crippen LogP contribution in [-0.4, -0.2) is 50.1 Å². The highest BCUT2D eigenvalue weighted by Crippen LogP contribution is 2.15. The van der Waals surface area contributed by atoms with Crippen LogP contribution in [0.25, 0.3) is 0 Å². The lowest BCUT2D eigenvalue weighted by Crippen LogP contribution is -2.47. The smallest absolute Gasteiger partial charge is 0.241 e. The lowest BCUT2D eigenvalue weighted by Gasteiger charge is -2.36. The van der Waals surface area contributed by atoms with Gasteiger partial charge in [-0.1, -0.05) is 48.5 Å². The molecule has 1 aliphatic heterocycles. The van der Waals surface area contributed by atoms with E-state index in [0.29, 0.717) is 6.54 Å². The third kappa shape index (κ3) is 5.07. The van der Waals surface area contributed by atoms with E-state index in [2.05, 4.69) is 45.4 Å². The normalized spacial score (nSPS) is 16.3. The molecule has 5 heteroatoms. The molecule has 0 saturated carbocycles. The molecule has 0 radical (unpaired) electrons. The fourth-order valence-electron chi connectivity index (χ4n) is 3.30. The highest BCUT2D eigenvalue weighted by atomic mass is 16.2. The van der Waals surface area contributed by atoms with Crippen molar-refractivity contribution in [1.82, 2.24) is 10.2 Å². The van der Waals surface area contributed by atoms with Crippen molar-refractivity contribution in [3.63, 3.8) is 0 Å². The summed E-state index contributed by atoms with van der Waals surface area (Å²) < 4.78 is 0. The summed E-state index contributed by atoms with van der Waals surface area (Å²) >= 11 is 0. The number of carbonyl (C=O) groups is 1. The second kappa shape index (κ2) is 9.36. The van der Waals surface area contributed by atoms with Gasteiger partial charge in [0.25, 0.3) is 0 Å². The number of benzene rings is 2. The molecule has 26 heavy (non-hydrogen) atoms. The van der Waals surface area contributed by atoms with Crippen LogP contribution in [0.3, 0.4) is 0 Å². The molecule has 0 aromatic heterocycles. The van der Waals surface area contributed by atoms with Crippen LogP contribution in [0, 0.1) is 0 Å². The number of piperazine rings is 1. The van der Waals surface area contributed by atoms with Gasteiger partial charge in [-0.05, 0) is 30.7 Å². The second-order valence-electron chi connectivity index (χ2n) is 6.70. The van der Waals surface area contributed by atoms with Crippen LogP contribution >= 0.6 is 0 Å². The quantitative estimate of drug-likeness (QED) is 0.749. The van der Waals surface area contributed by atoms with Crippen molar-refractivity contribution in [2.45, 2.75) is 12.5 Å². The van der Waals surface area contributed by atoms with Gasteiger partial charge in [0.1, 0.15) is 6.04 Å². The number of anilines is 1. The van der Waals surface area contributed by atoms with E-state index in [4.69, 9.17) is 5.73 Å². The maximum atomic E-state index is 12.1. The fraction of sp³-hybridized carbons (Fsp3) is 0.381. The molecule has 1 aliphatic rings. The van der Waals surface area contributed by atoms with Crippen LogP contribution in [0.2, 0.25) is 0 Å². The molecular weight excluding hydrogens is 324 g/mol. The van der Waals surface area contributed by atoms with E-state index in [9.17, 15) is 4.79 Å². The van der Waals surface area contributed by atoms with Gasteiger partial charge in [-0.3, -0.25) is 9.69 Å². The Kier molecular flexibility index (Phi) is 6.63. The van der Waals surface area contributed by atoms with Crippen LogP contribution in [0.5, 0.6) is 0 Å². The Morgan fingerprint density at radius 2 is 1.58 bits per heavy atom. The number of amides is 1. The third-order valence-electron chi connectivity index (χ3n) is 4.89. The van der Waals surface area contributed by atoms with Crippen molar-refractivity contribution in [2.24, 2.45) is 5.73 Å². The minimum atomic E-state index is -0.592. The Hall–Kier alpha value is -2.37. The maximum absolute atomic E-state index is 12.1. The summed E-state index contributed by atoms with van der Waals surface area (Å²) in [5, 5.41) is 2.95. The Bertz CT molecular complexity index is 669. The van der Waals surface area contributed by atoms with E-state index in [0.717, 1.165) is 44.7 Å². The molecule has 1 atom stereocenters. The minimum absolute atomic E-state index is 0.106. The first-order chi connectivity index (χ1) is 12.7. The molecule has 0 aliphatic carbocycles. The number of carbonyl (C=O) groups excluding carboxylic acids is 1. The molecule has 5 nitrogen and oxygen atoms in total. The molecule has 3 N–H and O–H groups in total. The number of nitrogens with two attached hydrogens (primary N) is 1. The molecule has 0 spiro atoms. The molecule has 3 rings (SSSR count). The van der Waals surface area contributed by atoms with Gasteiger partial charge in [0.15, 0.2) is 0 Å². The number of rotatable bonds is 7. The van der Waals surface area contributed by atoms with Crippen LogP contribution in [0.15, 0.2) is 60.7 Å². The van der Waals surface area contributed by atoms with E-state index in [1.54, 1.807) is 0 Å². The minimum Gasteiger partial charge on any atom is -0.369 e. The van der Waals surface area contributed by atoms with Gasteiger partial charge in [-0.2, -0.15) is 0 Å². The van der Waals surface area contributed by atoms with E-state index < -0.39 is 6.04 Å². The number of nitrogens with zero attached hydrogens (tertiary/aromatic N) is 2. The molecule has 1 unspecified atom stereocenters.